The van der Waals surface area contributed by atoms with E-state index in [2.05, 4.69) is 20.0 Å². The van der Waals surface area contributed by atoms with Gasteiger partial charge in [0.1, 0.15) is 18.0 Å². The second-order valence-electron chi connectivity index (χ2n) is 8.55. The summed E-state index contributed by atoms with van der Waals surface area (Å²) < 4.78 is 15.7. The molecule has 0 N–H and O–H groups in total. The summed E-state index contributed by atoms with van der Waals surface area (Å²) in [5.74, 6) is 0.0376. The number of carbonyl (C=O) groups excluding carboxylic acids is 1. The average Bonchev–Trinajstić information content (AvgIpc) is 3.52. The number of carbonyl (C=O) groups is 1. The predicted octanol–water partition coefficient (Wildman–Crippen LogP) is 3.01. The van der Waals surface area contributed by atoms with Crippen molar-refractivity contribution in [1.82, 2.24) is 24.8 Å². The molecule has 0 radical (unpaired) electrons. The lowest BCUT2D eigenvalue weighted by Crippen LogP contribution is -2.42. The molecule has 2 aliphatic rings. The van der Waals surface area contributed by atoms with Crippen LogP contribution in [0.15, 0.2) is 42.9 Å². The maximum atomic E-state index is 14.0. The number of rotatable bonds is 4. The van der Waals surface area contributed by atoms with Crippen molar-refractivity contribution in [3.05, 3.63) is 59.8 Å². The van der Waals surface area contributed by atoms with Crippen molar-refractivity contribution in [2.75, 3.05) is 24.6 Å². The largest absolute Gasteiger partial charge is 0.356 e. The van der Waals surface area contributed by atoms with Gasteiger partial charge >= 0.3 is 0 Å². The van der Waals surface area contributed by atoms with E-state index in [1.54, 1.807) is 23.3 Å². The number of nitriles is 1. The van der Waals surface area contributed by atoms with Gasteiger partial charge in [0, 0.05) is 44.7 Å². The van der Waals surface area contributed by atoms with Crippen LogP contribution in [-0.2, 0) is 16.7 Å². The number of nitrogens with zero attached hydrogens (tertiary/aromatic N) is 7. The normalized spacial score (nSPS) is 18.8. The van der Waals surface area contributed by atoms with Gasteiger partial charge in [-0.2, -0.15) is 10.4 Å². The van der Waals surface area contributed by atoms with Gasteiger partial charge in [-0.05, 0) is 42.7 Å². The summed E-state index contributed by atoms with van der Waals surface area (Å²) in [6.45, 7) is 1.73. The van der Waals surface area contributed by atoms with E-state index >= 15 is 0 Å². The summed E-state index contributed by atoms with van der Waals surface area (Å²) >= 11 is 0. The quantitative estimate of drug-likeness (QED) is 0.589. The molecule has 0 saturated carbocycles. The molecule has 2 saturated heterocycles. The third-order valence-electron chi connectivity index (χ3n) is 6.46. The molecule has 34 heavy (non-hydrogen) atoms. The maximum absolute atomic E-state index is 14.0. The number of hydrogen-bond donors (Lipinski definition) is 0. The summed E-state index contributed by atoms with van der Waals surface area (Å²) in [5, 5.41) is 14.8. The minimum Gasteiger partial charge on any atom is -0.356 e. The minimum absolute atomic E-state index is 0.0943. The number of hydrogen-bond acceptors (Lipinski definition) is 7. The first kappa shape index (κ1) is 22.0. The third-order valence-corrected chi connectivity index (χ3v) is 6.46. The molecule has 0 bridgehead atoms. The fraction of sp³-hybridized carbons (Fsp3) is 0.375. The number of aryl methyl sites for hydroxylation is 1. The van der Waals surface area contributed by atoms with Crippen LogP contribution in [0.5, 0.6) is 0 Å². The van der Waals surface area contributed by atoms with E-state index in [9.17, 15) is 9.18 Å². The second-order valence-corrected chi connectivity index (χ2v) is 8.55. The zero-order valence-electron chi connectivity index (χ0n) is 18.8. The smallest absolute Gasteiger partial charge is 0.249 e. The fourth-order valence-corrected chi connectivity index (χ4v) is 4.68. The molecule has 0 unspecified atom stereocenters. The van der Waals surface area contributed by atoms with E-state index in [-0.39, 0.29) is 17.4 Å². The highest BCUT2D eigenvalue weighted by atomic mass is 19.1. The molecule has 0 spiro atoms. The van der Waals surface area contributed by atoms with E-state index in [0.717, 1.165) is 17.2 Å². The Morgan fingerprint density at radius 2 is 2.00 bits per heavy atom. The molecule has 0 aliphatic carbocycles. The molecule has 10 heteroatoms. The fourth-order valence-electron chi connectivity index (χ4n) is 4.68. The number of aromatic nitrogens is 4. The summed E-state index contributed by atoms with van der Waals surface area (Å²) in [6, 6.07) is 9.61. The second kappa shape index (κ2) is 9.19. The van der Waals surface area contributed by atoms with E-state index in [0.29, 0.717) is 44.5 Å². The average molecular weight is 462 g/mol. The highest BCUT2D eigenvalue weighted by Gasteiger charge is 2.37. The van der Waals surface area contributed by atoms with Crippen LogP contribution in [0.2, 0.25) is 0 Å². The molecule has 5 rings (SSSR count). The van der Waals surface area contributed by atoms with Crippen molar-refractivity contribution in [3.8, 4) is 17.5 Å². The monoisotopic (exact) mass is 461 g/mol. The highest BCUT2D eigenvalue weighted by Crippen LogP contribution is 2.34. The van der Waals surface area contributed by atoms with Crippen molar-refractivity contribution < 1.29 is 14.0 Å². The summed E-state index contributed by atoms with van der Waals surface area (Å²) in [5.41, 5.74) is 2.52. The minimum atomic E-state index is -0.489. The molecule has 2 aromatic heterocycles. The van der Waals surface area contributed by atoms with Crippen molar-refractivity contribution >= 4 is 11.7 Å². The van der Waals surface area contributed by atoms with Crippen LogP contribution in [-0.4, -0.2) is 50.4 Å². The molecular formula is C24H24FN7O2. The van der Waals surface area contributed by atoms with Crippen LogP contribution in [0, 0.1) is 23.1 Å². The number of piperidine rings is 1. The Morgan fingerprint density at radius 1 is 1.18 bits per heavy atom. The Labute approximate surface area is 196 Å². The molecular weight excluding hydrogens is 437 g/mol. The first-order chi connectivity index (χ1) is 16.5. The SMILES string of the molecule is Cn1nccc1-c1cc(N2CCC(C(=O)N3OCC[C@H]3c3cc(F)cc(C#N)c3)CC2)ncn1. The molecule has 1 aromatic carbocycles. The Morgan fingerprint density at radius 3 is 2.74 bits per heavy atom. The molecule has 4 heterocycles. The molecule has 1 amide bonds. The lowest BCUT2D eigenvalue weighted by molar-refractivity contribution is -0.182. The Bertz CT molecular complexity index is 1250. The first-order valence-corrected chi connectivity index (χ1v) is 11.3. The van der Waals surface area contributed by atoms with Crippen LogP contribution >= 0.6 is 0 Å². The summed E-state index contributed by atoms with van der Waals surface area (Å²) in [6.07, 6.45) is 5.15. The first-order valence-electron chi connectivity index (χ1n) is 11.3. The molecule has 174 valence electrons. The number of anilines is 1. The number of halogens is 1. The predicted molar refractivity (Wildman–Crippen MR) is 120 cm³/mol. The number of benzene rings is 1. The van der Waals surface area contributed by atoms with Crippen LogP contribution in [0.25, 0.3) is 11.4 Å². The van der Waals surface area contributed by atoms with Gasteiger partial charge in [0.2, 0.25) is 5.91 Å². The lowest BCUT2D eigenvalue weighted by atomic mass is 9.94. The highest BCUT2D eigenvalue weighted by molar-refractivity contribution is 5.79. The number of hydroxylamine groups is 2. The van der Waals surface area contributed by atoms with Gasteiger partial charge < -0.3 is 4.90 Å². The third kappa shape index (κ3) is 4.22. The van der Waals surface area contributed by atoms with Gasteiger partial charge in [0.15, 0.2) is 0 Å². The van der Waals surface area contributed by atoms with Gasteiger partial charge in [-0.15, -0.1) is 0 Å². The van der Waals surface area contributed by atoms with E-state index in [1.165, 1.54) is 17.2 Å². The Kier molecular flexibility index (Phi) is 5.94. The van der Waals surface area contributed by atoms with Crippen LogP contribution < -0.4 is 4.90 Å². The van der Waals surface area contributed by atoms with Crippen molar-refractivity contribution in [3.63, 3.8) is 0 Å². The van der Waals surface area contributed by atoms with Crippen molar-refractivity contribution in [2.45, 2.75) is 25.3 Å². The van der Waals surface area contributed by atoms with Crippen LogP contribution in [0.3, 0.4) is 0 Å². The van der Waals surface area contributed by atoms with Gasteiger partial charge in [0.25, 0.3) is 0 Å². The van der Waals surface area contributed by atoms with E-state index < -0.39 is 11.9 Å². The molecule has 2 fully saturated rings. The summed E-state index contributed by atoms with van der Waals surface area (Å²) in [4.78, 5) is 29.9. The Hall–Kier alpha value is -3.84. The molecule has 1 atom stereocenters. The lowest BCUT2D eigenvalue weighted by Gasteiger charge is -2.34. The van der Waals surface area contributed by atoms with Crippen LogP contribution in [0.1, 0.15) is 36.4 Å². The maximum Gasteiger partial charge on any atom is 0.249 e. The zero-order chi connectivity index (χ0) is 23.7. The van der Waals surface area contributed by atoms with Crippen molar-refractivity contribution in [1.29, 1.82) is 5.26 Å². The van der Waals surface area contributed by atoms with Crippen LogP contribution in [0.4, 0.5) is 10.2 Å². The molecule has 9 nitrogen and oxygen atoms in total. The number of amides is 1. The standard InChI is InChI=1S/C24H24FN7O2/c1-30-22(2-6-29-30)20-13-23(28-15-27-20)31-7-3-17(4-8-31)24(33)32-21(5-9-34-32)18-10-16(14-26)11-19(25)12-18/h2,6,10-13,15,17,21H,3-5,7-9H2,1H3/t21-/m0/s1. The van der Waals surface area contributed by atoms with Gasteiger partial charge in [-0.3, -0.25) is 14.3 Å². The zero-order valence-corrected chi connectivity index (χ0v) is 18.8. The van der Waals surface area contributed by atoms with Gasteiger partial charge in [0.05, 0.1) is 35.7 Å². The van der Waals surface area contributed by atoms with Crippen molar-refractivity contribution in [2.24, 2.45) is 13.0 Å². The van der Waals surface area contributed by atoms with E-state index in [1.807, 2.05) is 25.2 Å². The molecule has 2 aliphatic heterocycles. The molecule has 3 aromatic rings. The summed E-state index contributed by atoms with van der Waals surface area (Å²) in [7, 11) is 1.87. The van der Waals surface area contributed by atoms with Gasteiger partial charge in [-0.1, -0.05) is 0 Å². The van der Waals surface area contributed by atoms with E-state index in [4.69, 9.17) is 10.1 Å². The Balaban J connectivity index is 1.26. The van der Waals surface area contributed by atoms with Gasteiger partial charge in [-0.25, -0.2) is 19.4 Å². The topological polar surface area (TPSA) is 100 Å².